The average Bonchev–Trinajstić information content (AvgIpc) is 2.83. The van der Waals surface area contributed by atoms with Crippen LogP contribution in [0.3, 0.4) is 0 Å². The summed E-state index contributed by atoms with van der Waals surface area (Å²) in [4.78, 5) is 29.3. The summed E-state index contributed by atoms with van der Waals surface area (Å²) in [7, 11) is 0. The molecule has 2 aliphatic rings. The van der Waals surface area contributed by atoms with E-state index in [1.54, 1.807) is 24.3 Å². The highest BCUT2D eigenvalue weighted by Crippen LogP contribution is 2.25. The van der Waals surface area contributed by atoms with Crippen molar-refractivity contribution in [1.29, 1.82) is 5.26 Å². The fraction of sp³-hybridized carbons (Fsp3) is 0.250. The molecular formula is C16H12ClFN4O2. The summed E-state index contributed by atoms with van der Waals surface area (Å²) in [5.74, 6) is -2.17. The van der Waals surface area contributed by atoms with Gasteiger partial charge in [0.25, 0.3) is 11.8 Å². The number of allylic oxidation sites excluding steroid dienone is 1. The van der Waals surface area contributed by atoms with Gasteiger partial charge in [-0.3, -0.25) is 14.5 Å². The zero-order chi connectivity index (χ0) is 17.3. The summed E-state index contributed by atoms with van der Waals surface area (Å²) in [6.07, 6.45) is -0.145. The van der Waals surface area contributed by atoms with Gasteiger partial charge < -0.3 is 5.32 Å². The summed E-state index contributed by atoms with van der Waals surface area (Å²) in [6, 6.07) is 8.44. The lowest BCUT2D eigenvalue weighted by Gasteiger charge is -2.18. The molecule has 0 fully saturated rings. The van der Waals surface area contributed by atoms with E-state index in [0.29, 0.717) is 11.1 Å². The molecule has 0 radical (unpaired) electrons. The highest BCUT2D eigenvalue weighted by atomic mass is 35.5. The fourth-order valence-electron chi connectivity index (χ4n) is 2.57. The van der Waals surface area contributed by atoms with Crippen LogP contribution in [0.25, 0.3) is 0 Å². The lowest BCUT2D eigenvalue weighted by atomic mass is 10.1. The first kappa shape index (κ1) is 16.1. The summed E-state index contributed by atoms with van der Waals surface area (Å²) in [6.45, 7) is 0.192. The van der Waals surface area contributed by atoms with Gasteiger partial charge in [0.15, 0.2) is 5.82 Å². The van der Waals surface area contributed by atoms with Crippen molar-refractivity contribution < 1.29 is 14.0 Å². The van der Waals surface area contributed by atoms with E-state index in [-0.39, 0.29) is 42.3 Å². The molecule has 0 spiro atoms. The van der Waals surface area contributed by atoms with Crippen LogP contribution in [0.1, 0.15) is 27.1 Å². The van der Waals surface area contributed by atoms with Gasteiger partial charge >= 0.3 is 0 Å². The predicted molar refractivity (Wildman–Crippen MR) is 85.0 cm³/mol. The second-order valence-electron chi connectivity index (χ2n) is 5.31. The Labute approximate surface area is 142 Å². The maximum atomic E-state index is 13.9. The number of halogens is 2. The molecular weight excluding hydrogens is 335 g/mol. The molecule has 1 aromatic rings. The Morgan fingerprint density at radius 3 is 2.54 bits per heavy atom. The molecule has 24 heavy (non-hydrogen) atoms. The van der Waals surface area contributed by atoms with Crippen LogP contribution >= 0.6 is 11.6 Å². The third-order valence-corrected chi connectivity index (χ3v) is 4.16. The van der Waals surface area contributed by atoms with E-state index in [4.69, 9.17) is 16.9 Å². The number of nitriles is 1. The second kappa shape index (κ2) is 6.42. The molecule has 1 atom stereocenters. The predicted octanol–water partition coefficient (Wildman–Crippen LogP) is 2.19. The Morgan fingerprint density at radius 2 is 1.96 bits per heavy atom. The molecule has 1 unspecified atom stereocenters. The van der Waals surface area contributed by atoms with Gasteiger partial charge in [0, 0.05) is 19.5 Å². The Balaban J connectivity index is 1.64. The van der Waals surface area contributed by atoms with Gasteiger partial charge in [0.1, 0.15) is 16.9 Å². The van der Waals surface area contributed by atoms with Gasteiger partial charge in [-0.25, -0.2) is 9.38 Å². The summed E-state index contributed by atoms with van der Waals surface area (Å²) in [5.41, 5.74) is 0.729. The van der Waals surface area contributed by atoms with Crippen molar-refractivity contribution in [3.8, 4) is 6.07 Å². The molecule has 8 heteroatoms. The van der Waals surface area contributed by atoms with Crippen LogP contribution in [0.5, 0.6) is 0 Å². The second-order valence-corrected chi connectivity index (χ2v) is 5.70. The zero-order valence-electron chi connectivity index (χ0n) is 12.4. The number of carbonyl (C=O) groups is 2. The minimum atomic E-state index is -0.784. The molecule has 2 heterocycles. The molecule has 0 saturated carbocycles. The summed E-state index contributed by atoms with van der Waals surface area (Å²) in [5, 5.41) is 11.6. The number of nitrogens with one attached hydrogen (secondary N) is 1. The molecule has 1 aromatic carbocycles. The first-order chi connectivity index (χ1) is 11.5. The lowest BCUT2D eigenvalue weighted by molar-refractivity contribution is 0.0656. The number of carbonyl (C=O) groups excluding carboxylic acids is 2. The number of benzene rings is 1. The van der Waals surface area contributed by atoms with Crippen molar-refractivity contribution in [2.45, 2.75) is 6.42 Å². The standard InChI is InChI=1S/C16H12ClFN4O2/c17-13-9(8-19)7-12(18)14(21-13)20-5-6-22-15(23)10-3-1-2-4-11(10)16(22)24/h1-4,9,20H,5-7H2. The maximum absolute atomic E-state index is 13.9. The largest absolute Gasteiger partial charge is 0.366 e. The maximum Gasteiger partial charge on any atom is 0.261 e. The number of fused-ring (bicyclic) bond motifs is 1. The van der Waals surface area contributed by atoms with Crippen LogP contribution in [0, 0.1) is 17.2 Å². The highest BCUT2D eigenvalue weighted by molar-refractivity contribution is 6.66. The summed E-state index contributed by atoms with van der Waals surface area (Å²) < 4.78 is 13.9. The van der Waals surface area contributed by atoms with E-state index < -0.39 is 11.7 Å². The van der Waals surface area contributed by atoms with E-state index in [0.717, 1.165) is 4.90 Å². The van der Waals surface area contributed by atoms with E-state index in [9.17, 15) is 14.0 Å². The zero-order valence-corrected chi connectivity index (χ0v) is 13.2. The Bertz CT molecular complexity index is 793. The first-order valence-electron chi connectivity index (χ1n) is 7.24. The van der Waals surface area contributed by atoms with E-state index >= 15 is 0 Å². The normalized spacial score (nSPS) is 20.0. The number of nitrogens with zero attached hydrogens (tertiary/aromatic N) is 3. The molecule has 3 rings (SSSR count). The highest BCUT2D eigenvalue weighted by Gasteiger charge is 2.34. The monoisotopic (exact) mass is 346 g/mol. The lowest BCUT2D eigenvalue weighted by Crippen LogP contribution is -2.36. The van der Waals surface area contributed by atoms with Crippen molar-refractivity contribution in [2.24, 2.45) is 10.9 Å². The molecule has 1 N–H and O–H groups in total. The minimum Gasteiger partial charge on any atom is -0.366 e. The van der Waals surface area contributed by atoms with E-state index in [2.05, 4.69) is 10.3 Å². The summed E-state index contributed by atoms with van der Waals surface area (Å²) >= 11 is 5.82. The van der Waals surface area contributed by atoms with Crippen molar-refractivity contribution in [2.75, 3.05) is 13.1 Å². The van der Waals surface area contributed by atoms with Crippen LogP contribution in [0.4, 0.5) is 4.39 Å². The van der Waals surface area contributed by atoms with Gasteiger partial charge in [0.05, 0.1) is 17.2 Å². The Kier molecular flexibility index (Phi) is 4.32. The number of rotatable bonds is 4. The third-order valence-electron chi connectivity index (χ3n) is 3.81. The van der Waals surface area contributed by atoms with Gasteiger partial charge in [0.2, 0.25) is 0 Å². The molecule has 0 aromatic heterocycles. The number of hydrogen-bond acceptors (Lipinski definition) is 5. The molecule has 2 amide bonds. The van der Waals surface area contributed by atoms with Crippen molar-refractivity contribution in [3.63, 3.8) is 0 Å². The number of hydrogen-bond donors (Lipinski definition) is 1. The minimum absolute atomic E-state index is 0.0159. The average molecular weight is 347 g/mol. The van der Waals surface area contributed by atoms with Crippen LogP contribution in [-0.2, 0) is 0 Å². The molecule has 0 bridgehead atoms. The third kappa shape index (κ3) is 2.76. The number of imide groups is 1. The van der Waals surface area contributed by atoms with Crippen LogP contribution in [0.15, 0.2) is 40.9 Å². The SMILES string of the molecule is N#CC1CC(F)=C(NCCN2C(=O)c3ccccc3C2=O)N=C1Cl. The smallest absolute Gasteiger partial charge is 0.261 e. The molecule has 0 saturated heterocycles. The Hall–Kier alpha value is -2.72. The van der Waals surface area contributed by atoms with E-state index in [1.807, 2.05) is 6.07 Å². The van der Waals surface area contributed by atoms with Crippen molar-refractivity contribution in [3.05, 3.63) is 47.0 Å². The van der Waals surface area contributed by atoms with E-state index in [1.165, 1.54) is 0 Å². The van der Waals surface area contributed by atoms with Gasteiger partial charge in [-0.15, -0.1) is 0 Å². The Morgan fingerprint density at radius 1 is 1.33 bits per heavy atom. The molecule has 2 aliphatic heterocycles. The van der Waals surface area contributed by atoms with Crippen LogP contribution < -0.4 is 5.32 Å². The fourth-order valence-corrected chi connectivity index (χ4v) is 2.78. The van der Waals surface area contributed by atoms with Gasteiger partial charge in [-0.05, 0) is 12.1 Å². The van der Waals surface area contributed by atoms with Crippen LogP contribution in [0.2, 0.25) is 0 Å². The van der Waals surface area contributed by atoms with Gasteiger partial charge in [-0.2, -0.15) is 5.26 Å². The first-order valence-corrected chi connectivity index (χ1v) is 7.62. The molecule has 6 nitrogen and oxygen atoms in total. The molecule has 122 valence electrons. The van der Waals surface area contributed by atoms with Crippen LogP contribution in [-0.4, -0.2) is 35.0 Å². The molecule has 0 aliphatic carbocycles. The van der Waals surface area contributed by atoms with Crippen molar-refractivity contribution in [1.82, 2.24) is 10.2 Å². The quantitative estimate of drug-likeness (QED) is 0.847. The van der Waals surface area contributed by atoms with Crippen molar-refractivity contribution >= 4 is 28.6 Å². The van der Waals surface area contributed by atoms with Gasteiger partial charge in [-0.1, -0.05) is 23.7 Å². The topological polar surface area (TPSA) is 85.6 Å². The number of amides is 2. The number of aliphatic imine (C=N–C) groups is 1.